The molecule has 4 nitrogen and oxygen atoms in total. The quantitative estimate of drug-likeness (QED) is 0.549. The number of amides is 2. The highest BCUT2D eigenvalue weighted by molar-refractivity contribution is 8.26. The van der Waals surface area contributed by atoms with Gasteiger partial charge in [0, 0.05) is 13.1 Å². The molecule has 138 valence electrons. The summed E-state index contributed by atoms with van der Waals surface area (Å²) in [5, 5.41) is 0. The van der Waals surface area contributed by atoms with Gasteiger partial charge in [-0.2, -0.15) is 0 Å². The van der Waals surface area contributed by atoms with E-state index in [-0.39, 0.29) is 17.9 Å². The summed E-state index contributed by atoms with van der Waals surface area (Å²) in [6.45, 7) is 5.37. The molecule has 2 amide bonds. The number of rotatable bonds is 4. The zero-order chi connectivity index (χ0) is 19.6. The van der Waals surface area contributed by atoms with Crippen molar-refractivity contribution in [3.05, 3.63) is 76.8 Å². The highest BCUT2D eigenvalue weighted by Crippen LogP contribution is 2.37. The maximum absolute atomic E-state index is 13.0. The van der Waals surface area contributed by atoms with Crippen molar-refractivity contribution in [1.29, 1.82) is 0 Å². The van der Waals surface area contributed by atoms with Gasteiger partial charge in [-0.15, -0.1) is 0 Å². The van der Waals surface area contributed by atoms with Crippen LogP contribution in [0.1, 0.15) is 31.0 Å². The van der Waals surface area contributed by atoms with Crippen LogP contribution in [-0.4, -0.2) is 21.0 Å². The molecule has 2 aromatic carbocycles. The van der Waals surface area contributed by atoms with Crippen molar-refractivity contribution in [2.24, 2.45) is 0 Å². The smallest absolute Gasteiger partial charge is 0.268 e. The van der Waals surface area contributed by atoms with E-state index in [1.54, 1.807) is 11.1 Å². The van der Waals surface area contributed by atoms with Crippen molar-refractivity contribution in [3.63, 3.8) is 0 Å². The van der Waals surface area contributed by atoms with Crippen LogP contribution in [-0.2, 0) is 9.59 Å². The molecule has 3 rings (SSSR count). The summed E-state index contributed by atoms with van der Waals surface area (Å²) in [6, 6.07) is 17.2. The van der Waals surface area contributed by atoms with Crippen LogP contribution >= 0.6 is 24.0 Å². The Morgan fingerprint density at radius 3 is 2.41 bits per heavy atom. The maximum Gasteiger partial charge on any atom is 0.268 e. The number of carbonyl (C=O) groups is 2. The van der Waals surface area contributed by atoms with E-state index in [2.05, 4.69) is 0 Å². The number of para-hydroxylation sites is 1. The van der Waals surface area contributed by atoms with E-state index in [1.807, 2.05) is 68.4 Å². The van der Waals surface area contributed by atoms with Crippen LogP contribution in [0, 0.1) is 6.92 Å². The topological polar surface area (TPSA) is 40.6 Å². The third-order valence-electron chi connectivity index (χ3n) is 4.45. The molecule has 0 aromatic heterocycles. The molecule has 0 spiro atoms. The lowest BCUT2D eigenvalue weighted by Crippen LogP contribution is -2.31. The summed E-state index contributed by atoms with van der Waals surface area (Å²) in [7, 11) is 0. The predicted molar refractivity (Wildman–Crippen MR) is 114 cm³/mol. The summed E-state index contributed by atoms with van der Waals surface area (Å²) in [5.74, 6) is -0.341. The zero-order valence-electron chi connectivity index (χ0n) is 15.4. The summed E-state index contributed by atoms with van der Waals surface area (Å²) < 4.78 is 0.496. The summed E-state index contributed by atoms with van der Waals surface area (Å²) in [6.07, 6.45) is 1.60. The van der Waals surface area contributed by atoms with Crippen molar-refractivity contribution in [3.8, 4) is 0 Å². The molecule has 0 saturated carbocycles. The van der Waals surface area contributed by atoms with E-state index in [1.165, 1.54) is 23.6 Å². The average Bonchev–Trinajstić information content (AvgIpc) is 2.93. The van der Waals surface area contributed by atoms with E-state index < -0.39 is 0 Å². The number of thiocarbonyl (C=S) groups is 1. The second-order valence-corrected chi connectivity index (χ2v) is 7.97. The fraction of sp³-hybridized carbons (Fsp3) is 0.190. The Balaban J connectivity index is 1.93. The minimum absolute atomic E-state index is 0.161. The molecule has 0 aliphatic carbocycles. The molecule has 0 bridgehead atoms. The molecule has 1 heterocycles. The molecule has 0 N–H and O–H groups in total. The van der Waals surface area contributed by atoms with Gasteiger partial charge in [-0.3, -0.25) is 19.4 Å². The van der Waals surface area contributed by atoms with Gasteiger partial charge in [0.05, 0.1) is 16.6 Å². The second kappa shape index (κ2) is 8.06. The van der Waals surface area contributed by atoms with E-state index in [4.69, 9.17) is 12.2 Å². The number of hydrogen-bond donors (Lipinski definition) is 0. The number of carbonyl (C=O) groups excluding carboxylic acids is 2. The largest absolute Gasteiger partial charge is 0.287 e. The Labute approximate surface area is 168 Å². The second-order valence-electron chi connectivity index (χ2n) is 6.30. The highest BCUT2D eigenvalue weighted by Gasteiger charge is 2.36. The molecule has 0 radical (unpaired) electrons. The predicted octanol–water partition coefficient (Wildman–Crippen LogP) is 4.81. The fourth-order valence-electron chi connectivity index (χ4n) is 2.97. The Bertz CT molecular complexity index is 925. The molecule has 1 atom stereocenters. The lowest BCUT2D eigenvalue weighted by Gasteiger charge is -2.23. The first-order valence-corrected chi connectivity index (χ1v) is 9.80. The van der Waals surface area contributed by atoms with E-state index in [9.17, 15) is 9.59 Å². The van der Waals surface area contributed by atoms with Crippen LogP contribution in [0.3, 0.4) is 0 Å². The van der Waals surface area contributed by atoms with Crippen molar-refractivity contribution < 1.29 is 9.59 Å². The molecule has 1 aliphatic heterocycles. The summed E-state index contributed by atoms with van der Waals surface area (Å²) in [4.78, 5) is 28.8. The normalized spacial score (nSPS) is 16.7. The van der Waals surface area contributed by atoms with Crippen LogP contribution in [0.25, 0.3) is 0 Å². The van der Waals surface area contributed by atoms with Crippen molar-refractivity contribution >= 4 is 45.8 Å². The minimum atomic E-state index is -0.179. The highest BCUT2D eigenvalue weighted by atomic mass is 32.2. The van der Waals surface area contributed by atoms with Gasteiger partial charge in [-0.25, -0.2) is 0 Å². The molecule has 2 aromatic rings. The van der Waals surface area contributed by atoms with Crippen molar-refractivity contribution in [2.45, 2.75) is 26.8 Å². The first kappa shape index (κ1) is 19.3. The van der Waals surface area contributed by atoms with Crippen LogP contribution < -0.4 is 4.90 Å². The summed E-state index contributed by atoms with van der Waals surface area (Å²) in [5.41, 5.74) is 2.72. The minimum Gasteiger partial charge on any atom is -0.287 e. The maximum atomic E-state index is 13.0. The van der Waals surface area contributed by atoms with Crippen LogP contribution in [0.2, 0.25) is 0 Å². The third-order valence-corrected chi connectivity index (χ3v) is 5.77. The standard InChI is InChI=1S/C21H20N2O2S2/c1-14-9-7-8-12-18(14)22(16(3)24)13-19-20(25)23(21(26)27-19)15(2)17-10-5-4-6-11-17/h4-13,15H,1-3H3. The van der Waals surface area contributed by atoms with E-state index in [0.29, 0.717) is 9.23 Å². The van der Waals surface area contributed by atoms with Gasteiger partial charge >= 0.3 is 0 Å². The number of nitrogens with zero attached hydrogens (tertiary/aromatic N) is 2. The van der Waals surface area contributed by atoms with Gasteiger partial charge in [0.15, 0.2) is 0 Å². The van der Waals surface area contributed by atoms with Gasteiger partial charge in [0.25, 0.3) is 5.91 Å². The SMILES string of the molecule is CC(=O)N(C=C1SC(=S)N(C(C)c2ccccc2)C1=O)c1ccccc1C. The monoisotopic (exact) mass is 396 g/mol. The van der Waals surface area contributed by atoms with Crippen LogP contribution in [0.15, 0.2) is 65.7 Å². The lowest BCUT2D eigenvalue weighted by molar-refractivity contribution is -0.123. The number of aryl methyl sites for hydroxylation is 1. The zero-order valence-corrected chi connectivity index (χ0v) is 17.0. The Morgan fingerprint density at radius 1 is 1.15 bits per heavy atom. The molecule has 1 saturated heterocycles. The molecule has 1 fully saturated rings. The summed E-state index contributed by atoms with van der Waals surface area (Å²) >= 11 is 6.68. The lowest BCUT2D eigenvalue weighted by atomic mass is 10.1. The fourth-order valence-corrected chi connectivity index (χ4v) is 4.35. The Hall–Kier alpha value is -2.44. The van der Waals surface area contributed by atoms with Gasteiger partial charge in [-0.1, -0.05) is 72.5 Å². The van der Waals surface area contributed by atoms with E-state index in [0.717, 1.165) is 16.8 Å². The van der Waals surface area contributed by atoms with Gasteiger partial charge in [0.1, 0.15) is 4.32 Å². The molecule has 6 heteroatoms. The molecule has 1 unspecified atom stereocenters. The third kappa shape index (κ3) is 3.96. The van der Waals surface area contributed by atoms with Crippen molar-refractivity contribution in [2.75, 3.05) is 4.90 Å². The van der Waals surface area contributed by atoms with Gasteiger partial charge < -0.3 is 0 Å². The number of anilines is 1. The molecular formula is C21H20N2O2S2. The first-order chi connectivity index (χ1) is 12.9. The van der Waals surface area contributed by atoms with Crippen molar-refractivity contribution in [1.82, 2.24) is 4.90 Å². The Morgan fingerprint density at radius 2 is 1.78 bits per heavy atom. The molecule has 27 heavy (non-hydrogen) atoms. The average molecular weight is 397 g/mol. The molecule has 1 aliphatic rings. The number of thioether (sulfide) groups is 1. The Kier molecular flexibility index (Phi) is 5.77. The van der Waals surface area contributed by atoms with Crippen LogP contribution in [0.5, 0.6) is 0 Å². The van der Waals surface area contributed by atoms with E-state index >= 15 is 0 Å². The number of benzene rings is 2. The molecular weight excluding hydrogens is 376 g/mol. The van der Waals surface area contributed by atoms with Gasteiger partial charge in [0.2, 0.25) is 5.91 Å². The first-order valence-electron chi connectivity index (χ1n) is 8.57. The van der Waals surface area contributed by atoms with Gasteiger partial charge in [-0.05, 0) is 31.0 Å². The number of hydrogen-bond acceptors (Lipinski definition) is 4. The van der Waals surface area contributed by atoms with Crippen LogP contribution in [0.4, 0.5) is 5.69 Å².